The van der Waals surface area contributed by atoms with Gasteiger partial charge in [-0.05, 0) is 67.6 Å². The van der Waals surface area contributed by atoms with Gasteiger partial charge in [0.1, 0.15) is 0 Å². The second kappa shape index (κ2) is 6.20. The predicted molar refractivity (Wildman–Crippen MR) is 87.3 cm³/mol. The van der Waals surface area contributed by atoms with Crippen molar-refractivity contribution in [2.45, 2.75) is 71.3 Å². The lowest BCUT2D eigenvalue weighted by molar-refractivity contribution is 0.264. The normalized spacial score (nSPS) is 26.4. The third-order valence-electron chi connectivity index (χ3n) is 5.41. The van der Waals surface area contributed by atoms with Gasteiger partial charge in [-0.1, -0.05) is 38.8 Å². The Kier molecular flexibility index (Phi) is 4.33. The molecule has 0 heterocycles. The van der Waals surface area contributed by atoms with Gasteiger partial charge in [0.05, 0.1) is 0 Å². The molecule has 2 atom stereocenters. The fraction of sp³-hybridized carbons (Fsp3) is 0.684. The summed E-state index contributed by atoms with van der Waals surface area (Å²) in [5, 5.41) is 3.89. The minimum Gasteiger partial charge on any atom is -0.382 e. The Labute approximate surface area is 124 Å². The first-order valence-corrected chi connectivity index (χ1v) is 8.61. The molecule has 110 valence electrons. The van der Waals surface area contributed by atoms with Crippen LogP contribution < -0.4 is 5.32 Å². The Morgan fingerprint density at radius 2 is 1.90 bits per heavy atom. The van der Waals surface area contributed by atoms with E-state index < -0.39 is 0 Å². The molecule has 0 aliphatic heterocycles. The zero-order chi connectivity index (χ0) is 13.9. The summed E-state index contributed by atoms with van der Waals surface area (Å²) in [6, 6.07) is 7.58. The van der Waals surface area contributed by atoms with Gasteiger partial charge in [0.15, 0.2) is 0 Å². The molecule has 0 amide bonds. The van der Waals surface area contributed by atoms with E-state index in [-0.39, 0.29) is 0 Å². The number of anilines is 1. The van der Waals surface area contributed by atoms with E-state index in [0.29, 0.717) is 6.04 Å². The molecule has 2 unspecified atom stereocenters. The number of hydrogen-bond donors (Lipinski definition) is 1. The van der Waals surface area contributed by atoms with Crippen LogP contribution >= 0.6 is 0 Å². The van der Waals surface area contributed by atoms with Crippen molar-refractivity contribution in [2.75, 3.05) is 5.32 Å². The number of fused-ring (bicyclic) bond motifs is 1. The fourth-order valence-corrected chi connectivity index (χ4v) is 4.10. The summed E-state index contributed by atoms with van der Waals surface area (Å²) in [5.41, 5.74) is 4.65. The van der Waals surface area contributed by atoms with Crippen molar-refractivity contribution in [3.05, 3.63) is 29.3 Å². The van der Waals surface area contributed by atoms with Crippen molar-refractivity contribution in [3.8, 4) is 0 Å². The molecule has 1 saturated carbocycles. The van der Waals surface area contributed by atoms with Crippen LogP contribution in [0.4, 0.5) is 5.69 Å². The standard InChI is InChI=1S/C19H29N/c1-14(2)16-9-5-10-17(13-16)20-19-12-6-8-15-7-3-4-11-18(15)19/h6,8,12,14,16-17,20H,3-5,7,9-11,13H2,1-2H3. The molecule has 2 aliphatic carbocycles. The minimum absolute atomic E-state index is 0.699. The van der Waals surface area contributed by atoms with Crippen LogP contribution in [0.3, 0.4) is 0 Å². The maximum atomic E-state index is 3.89. The van der Waals surface area contributed by atoms with Gasteiger partial charge < -0.3 is 5.32 Å². The van der Waals surface area contributed by atoms with Crippen LogP contribution in [0.25, 0.3) is 0 Å². The number of nitrogens with one attached hydrogen (secondary N) is 1. The highest BCUT2D eigenvalue weighted by atomic mass is 14.9. The van der Waals surface area contributed by atoms with E-state index in [4.69, 9.17) is 0 Å². The average Bonchev–Trinajstić information content (AvgIpc) is 2.48. The van der Waals surface area contributed by atoms with Crippen molar-refractivity contribution in [1.29, 1.82) is 0 Å². The maximum Gasteiger partial charge on any atom is 0.0377 e. The van der Waals surface area contributed by atoms with E-state index in [2.05, 4.69) is 37.4 Å². The minimum atomic E-state index is 0.699. The van der Waals surface area contributed by atoms with Crippen molar-refractivity contribution in [1.82, 2.24) is 0 Å². The average molecular weight is 271 g/mol. The third-order valence-corrected chi connectivity index (χ3v) is 5.41. The molecule has 1 aromatic rings. The highest BCUT2D eigenvalue weighted by Gasteiger charge is 2.24. The Hall–Kier alpha value is -0.980. The largest absolute Gasteiger partial charge is 0.382 e. The van der Waals surface area contributed by atoms with Gasteiger partial charge in [-0.25, -0.2) is 0 Å². The summed E-state index contributed by atoms with van der Waals surface area (Å²) in [5.74, 6) is 1.75. The Morgan fingerprint density at radius 3 is 2.75 bits per heavy atom. The first-order chi connectivity index (χ1) is 9.74. The van der Waals surface area contributed by atoms with Gasteiger partial charge in [-0.2, -0.15) is 0 Å². The van der Waals surface area contributed by atoms with Crippen LogP contribution in [0.1, 0.15) is 63.5 Å². The Balaban J connectivity index is 1.71. The molecular weight excluding hydrogens is 242 g/mol. The SMILES string of the molecule is CC(C)C1CCCC(Nc2cccc3c2CCCC3)C1. The summed E-state index contributed by atoms with van der Waals surface area (Å²) in [6.07, 6.45) is 10.8. The molecule has 3 rings (SSSR count). The van der Waals surface area contributed by atoms with E-state index in [1.54, 1.807) is 11.1 Å². The van der Waals surface area contributed by atoms with Crippen molar-refractivity contribution >= 4 is 5.69 Å². The lowest BCUT2D eigenvalue weighted by atomic mass is 9.79. The molecule has 0 bridgehead atoms. The molecule has 1 nitrogen and oxygen atoms in total. The van der Waals surface area contributed by atoms with Crippen molar-refractivity contribution < 1.29 is 0 Å². The molecule has 0 spiro atoms. The second-order valence-electron chi connectivity index (χ2n) is 7.16. The molecule has 1 heteroatoms. The molecule has 0 saturated heterocycles. The molecule has 0 aromatic heterocycles. The van der Waals surface area contributed by atoms with Crippen LogP contribution in [0.5, 0.6) is 0 Å². The van der Waals surface area contributed by atoms with Crippen LogP contribution in [-0.2, 0) is 12.8 Å². The Morgan fingerprint density at radius 1 is 1.05 bits per heavy atom. The molecule has 1 N–H and O–H groups in total. The quantitative estimate of drug-likeness (QED) is 0.797. The topological polar surface area (TPSA) is 12.0 Å². The predicted octanol–water partition coefficient (Wildman–Crippen LogP) is 5.19. The molecule has 2 aliphatic rings. The lowest BCUT2D eigenvalue weighted by Crippen LogP contribution is -2.30. The number of hydrogen-bond acceptors (Lipinski definition) is 1. The van der Waals surface area contributed by atoms with Crippen LogP contribution in [-0.4, -0.2) is 6.04 Å². The van der Waals surface area contributed by atoms with Gasteiger partial charge in [-0.15, -0.1) is 0 Å². The van der Waals surface area contributed by atoms with E-state index in [1.165, 1.54) is 57.1 Å². The van der Waals surface area contributed by atoms with E-state index in [1.807, 2.05) is 0 Å². The summed E-state index contributed by atoms with van der Waals surface area (Å²) in [7, 11) is 0. The van der Waals surface area contributed by atoms with Crippen molar-refractivity contribution in [3.63, 3.8) is 0 Å². The number of rotatable bonds is 3. The van der Waals surface area contributed by atoms with Crippen molar-refractivity contribution in [2.24, 2.45) is 11.8 Å². The van der Waals surface area contributed by atoms with Gasteiger partial charge >= 0.3 is 0 Å². The second-order valence-corrected chi connectivity index (χ2v) is 7.16. The fourth-order valence-electron chi connectivity index (χ4n) is 4.10. The van der Waals surface area contributed by atoms with Crippen LogP contribution in [0.15, 0.2) is 18.2 Å². The van der Waals surface area contributed by atoms with Crippen LogP contribution in [0, 0.1) is 11.8 Å². The number of benzene rings is 1. The summed E-state index contributed by atoms with van der Waals surface area (Å²) in [6.45, 7) is 4.77. The zero-order valence-electron chi connectivity index (χ0n) is 13.1. The van der Waals surface area contributed by atoms with E-state index in [0.717, 1.165) is 11.8 Å². The summed E-state index contributed by atoms with van der Waals surface area (Å²) < 4.78 is 0. The first kappa shape index (κ1) is 14.0. The third kappa shape index (κ3) is 3.02. The lowest BCUT2D eigenvalue weighted by Gasteiger charge is -2.33. The molecule has 0 radical (unpaired) electrons. The van der Waals surface area contributed by atoms with E-state index >= 15 is 0 Å². The monoisotopic (exact) mass is 271 g/mol. The van der Waals surface area contributed by atoms with Gasteiger partial charge in [-0.3, -0.25) is 0 Å². The smallest absolute Gasteiger partial charge is 0.0377 e. The summed E-state index contributed by atoms with van der Waals surface area (Å²) in [4.78, 5) is 0. The first-order valence-electron chi connectivity index (χ1n) is 8.61. The molecule has 1 aromatic carbocycles. The summed E-state index contributed by atoms with van der Waals surface area (Å²) >= 11 is 0. The molecule has 20 heavy (non-hydrogen) atoms. The number of aryl methyl sites for hydroxylation is 1. The van der Waals surface area contributed by atoms with Gasteiger partial charge in [0, 0.05) is 11.7 Å². The molecular formula is C19H29N. The zero-order valence-corrected chi connectivity index (χ0v) is 13.1. The Bertz CT molecular complexity index is 449. The van der Waals surface area contributed by atoms with Gasteiger partial charge in [0.2, 0.25) is 0 Å². The maximum absolute atomic E-state index is 3.89. The molecule has 1 fully saturated rings. The van der Waals surface area contributed by atoms with Gasteiger partial charge in [0.25, 0.3) is 0 Å². The highest BCUT2D eigenvalue weighted by Crippen LogP contribution is 2.34. The van der Waals surface area contributed by atoms with Crippen LogP contribution in [0.2, 0.25) is 0 Å². The highest BCUT2D eigenvalue weighted by molar-refractivity contribution is 5.56. The van der Waals surface area contributed by atoms with E-state index in [9.17, 15) is 0 Å².